The second-order valence-corrected chi connectivity index (χ2v) is 21.9. The molecule has 0 spiro atoms. The topological polar surface area (TPSA) is 528 Å². The van der Waals surface area contributed by atoms with Crippen molar-refractivity contribution in [2.24, 2.45) is 0 Å². The Morgan fingerprint density at radius 2 is 1.01 bits per heavy atom. The van der Waals surface area contributed by atoms with E-state index < -0.39 is 11.7 Å². The predicted octanol–water partition coefficient (Wildman–Crippen LogP) is -1.08. The van der Waals surface area contributed by atoms with Crippen LogP contribution in [-0.4, -0.2) is 262 Å². The zero-order chi connectivity index (χ0) is 82.8. The molecule has 0 aromatic carbocycles. The summed E-state index contributed by atoms with van der Waals surface area (Å²) in [7, 11) is 17.8. The molecule has 0 saturated carbocycles. The van der Waals surface area contributed by atoms with E-state index in [-0.39, 0.29) is 28.6 Å². The third kappa shape index (κ3) is 38.7. The van der Waals surface area contributed by atoms with E-state index in [1.807, 2.05) is 49.9 Å². The number of H-pyrrole nitrogens is 11. The number of nitrogens with two attached hydrogens (primary N) is 1. The van der Waals surface area contributed by atoms with E-state index in [9.17, 15) is 23.6 Å². The molecule has 0 aliphatic rings. The van der Waals surface area contributed by atoms with Gasteiger partial charge >= 0.3 is 17.5 Å². The van der Waals surface area contributed by atoms with Crippen molar-refractivity contribution >= 4 is 105 Å². The van der Waals surface area contributed by atoms with Gasteiger partial charge in [0, 0.05) is 88.3 Å². The Hall–Kier alpha value is -15.5. The van der Waals surface area contributed by atoms with Gasteiger partial charge in [0.2, 0.25) is 41.3 Å². The summed E-state index contributed by atoms with van der Waals surface area (Å²) in [6.07, 6.45) is 55.6. The fraction of sp³-hybridized carbons (Fsp3) is 0.317. The van der Waals surface area contributed by atoms with E-state index in [0.29, 0.717) is 111 Å². The number of rotatable bonds is 20. The SMILES string of the molecule is C#CCN(C)c1cc(=O)[nH]o1.C#CCN(C)c1cc(=O)[nH]s1.C#CCN(C)c1cn[nH]n1.C#CCN(C)c1cn[nH]n1.C#CCN(C)c1n[nH][nH]c1=S.C#CCN(C)c1n[nH]c(N)n1.C#CCN(C)c1n[nH]nc1F.C#CCN(C)c1ncn[nH]1.C#CCN(C)c1noc(=O)[nH]1.C#CCN(C)c1ns[nH]c1=O.O=C=O. The van der Waals surface area contributed by atoms with Crippen molar-refractivity contribution < 1.29 is 23.0 Å². The van der Waals surface area contributed by atoms with E-state index in [1.54, 1.807) is 77.0 Å². The normalized spacial score (nSPS) is 8.85. The standard InChI is InChI=1S/C7H8N2O2.C7H8N2OS.C6H7FN4.C6H9N5.C6H8N4S.3C6H8N4.C6H7N3O2.C6H7N3OS.CO2/c2*1-3-4-9(2)7-5-6(10)8-11-7;1-3-4-11(2)6-5(7)8-10-9-6;1-3-4-11(2)6-8-5(7)9-10-6;1-3-4-10(2)5-6(11)8-9-7-5;1-3-4-10(2)6-7-5-8-9-6;2*1-3-4-10(2)6-5-7-9-8-6;1-3-4-9(2)5-7-6(10)11-8-5;1-3-4-9(2)5-6(10)8-11-7-5;2-1-3/h2*1,5H,4H2,2H3,(H,8,10);1H,4H2,2H3,(H,8,9,10);1H,4H2,2H3,(H3,7,8,9,10);1H,4H2,2H3,(H2,7,8,9,11);3*1,5H,4H2,2H3,(H,7,8,9);1H,4H2,2H3,(H,7,8,10);1H,4H2,2H3,(H,8,10);. The van der Waals surface area contributed by atoms with Crippen molar-refractivity contribution in [1.29, 1.82) is 0 Å². The molecule has 13 N–H and O–H groups in total. The van der Waals surface area contributed by atoms with Gasteiger partial charge in [-0.15, -0.1) is 94.8 Å². The largest absolute Gasteiger partial charge is 0.440 e. The molecule has 0 aliphatic carbocycles. The van der Waals surface area contributed by atoms with Gasteiger partial charge < -0.3 is 59.3 Å². The molecule has 10 heterocycles. The second kappa shape index (κ2) is 56.0. The van der Waals surface area contributed by atoms with Crippen LogP contribution in [0.25, 0.3) is 0 Å². The van der Waals surface area contributed by atoms with E-state index in [1.165, 1.54) is 34.9 Å². The van der Waals surface area contributed by atoms with Crippen LogP contribution in [0.4, 0.5) is 68.2 Å². The van der Waals surface area contributed by atoms with Crippen LogP contribution in [0.5, 0.6) is 0 Å². The minimum absolute atomic E-state index is 0.0751. The van der Waals surface area contributed by atoms with Crippen molar-refractivity contribution in [3.8, 4) is 123 Å². The summed E-state index contributed by atoms with van der Waals surface area (Å²) < 4.78 is 31.1. The fourth-order valence-electron chi connectivity index (χ4n) is 6.41. The Morgan fingerprint density at radius 3 is 1.39 bits per heavy atom. The maximum absolute atomic E-state index is 12.6. The quantitative estimate of drug-likeness (QED) is 0.0319. The van der Waals surface area contributed by atoms with E-state index >= 15 is 0 Å². The molecule has 43 nitrogen and oxygen atoms in total. The Labute approximate surface area is 642 Å². The van der Waals surface area contributed by atoms with Crippen LogP contribution in [0.3, 0.4) is 0 Å². The number of terminal acetylenes is 10. The molecule has 10 aromatic heterocycles. The van der Waals surface area contributed by atoms with Gasteiger partial charge in [0.05, 0.1) is 83.9 Å². The second-order valence-electron chi connectivity index (χ2n) is 20.1. The van der Waals surface area contributed by atoms with Gasteiger partial charge in [-0.05, 0) is 16.7 Å². The number of nitrogens with zero attached hydrogens (tertiary/aromatic N) is 23. The lowest BCUT2D eigenvalue weighted by atomic mass is 10.5. The van der Waals surface area contributed by atoms with E-state index in [4.69, 9.17) is 96.3 Å². The number of anilines is 11. The molecule has 578 valence electrons. The average molecular weight is 1570 g/mol. The third-order valence-corrected chi connectivity index (χ3v) is 13.4. The third-order valence-electron chi connectivity index (χ3n) is 11.6. The highest BCUT2D eigenvalue weighted by Crippen LogP contribution is 2.14. The van der Waals surface area contributed by atoms with Gasteiger partial charge in [-0.2, -0.15) is 64.4 Å². The number of carbonyl (C=O) groups excluding carboxylic acids is 2. The Kier molecular flexibility index (Phi) is 48.1. The maximum atomic E-state index is 12.6. The lowest BCUT2D eigenvalue weighted by molar-refractivity contribution is -0.191. The number of aromatic amines is 11. The van der Waals surface area contributed by atoms with Crippen LogP contribution in [-0.2, 0) is 9.59 Å². The first-order chi connectivity index (χ1) is 52.6. The number of hydrogen-bond donors (Lipinski definition) is 12. The van der Waals surface area contributed by atoms with Crippen LogP contribution in [0, 0.1) is 134 Å². The summed E-state index contributed by atoms with van der Waals surface area (Å²) in [5.41, 5.74) is 4.78. The van der Waals surface area contributed by atoms with Crippen LogP contribution in [0.1, 0.15) is 0 Å². The molecule has 0 fully saturated rings. The molecular formula is C63H78FN35O8S3. The lowest BCUT2D eigenvalue weighted by Crippen LogP contribution is -2.23. The number of nitrogen functional groups attached to an aromatic ring is 1. The zero-order valence-electron chi connectivity index (χ0n) is 61.0. The van der Waals surface area contributed by atoms with Gasteiger partial charge in [0.15, 0.2) is 22.1 Å². The molecular weight excluding hydrogens is 1490 g/mol. The summed E-state index contributed by atoms with van der Waals surface area (Å²) in [5, 5.41) is 57.1. The molecule has 0 radical (unpaired) electrons. The highest BCUT2D eigenvalue weighted by molar-refractivity contribution is 7.71. The molecule has 10 rings (SSSR count). The van der Waals surface area contributed by atoms with Gasteiger partial charge in [0.1, 0.15) is 11.3 Å². The molecule has 110 heavy (non-hydrogen) atoms. The first-order valence-corrected chi connectivity index (χ1v) is 32.0. The maximum Gasteiger partial charge on any atom is 0.440 e. The first kappa shape index (κ1) is 94.5. The summed E-state index contributed by atoms with van der Waals surface area (Å²) in [6, 6.07) is 2.87. The molecule has 0 unspecified atom stereocenters. The Balaban J connectivity index is 0.00000120. The monoisotopic (exact) mass is 1570 g/mol. The summed E-state index contributed by atoms with van der Waals surface area (Å²) in [6.45, 7) is 4.63. The molecule has 0 aliphatic heterocycles. The molecule has 10 aromatic rings. The van der Waals surface area contributed by atoms with Crippen molar-refractivity contribution in [2.75, 3.05) is 191 Å². The van der Waals surface area contributed by atoms with Crippen molar-refractivity contribution in [3.63, 3.8) is 0 Å². The minimum Gasteiger partial charge on any atom is -0.368 e. The van der Waals surface area contributed by atoms with Crippen LogP contribution < -0.4 is 77.2 Å². The Bertz CT molecular complexity index is 4590. The van der Waals surface area contributed by atoms with E-state index in [2.05, 4.69) is 184 Å². The summed E-state index contributed by atoms with van der Waals surface area (Å²) in [5.74, 6) is 28.4. The van der Waals surface area contributed by atoms with Gasteiger partial charge in [-0.3, -0.25) is 37.7 Å². The number of nitrogens with one attached hydrogen (secondary N) is 11. The van der Waals surface area contributed by atoms with Crippen molar-refractivity contribution in [3.05, 3.63) is 83.1 Å². The molecule has 47 heteroatoms. The van der Waals surface area contributed by atoms with Crippen LogP contribution in [0.2, 0.25) is 0 Å². The van der Waals surface area contributed by atoms with Gasteiger partial charge in [-0.25, -0.2) is 20.2 Å². The molecule has 0 saturated heterocycles. The van der Waals surface area contributed by atoms with Crippen molar-refractivity contribution in [2.45, 2.75) is 0 Å². The van der Waals surface area contributed by atoms with Gasteiger partial charge in [0.25, 0.3) is 17.1 Å². The van der Waals surface area contributed by atoms with Crippen molar-refractivity contribution in [1.82, 2.24) is 120 Å². The molecule has 0 atom stereocenters. The smallest absolute Gasteiger partial charge is 0.368 e. The van der Waals surface area contributed by atoms with Crippen LogP contribution in [0.15, 0.2) is 59.1 Å². The average Bonchev–Trinajstić information content (AvgIpc) is 1.77. The summed E-state index contributed by atoms with van der Waals surface area (Å²) in [4.78, 5) is 86.1. The molecule has 0 amide bonds. The number of hydrogen-bond acceptors (Lipinski definition) is 35. The number of aromatic nitrogens is 24. The van der Waals surface area contributed by atoms with Crippen LogP contribution >= 0.6 is 35.5 Å². The van der Waals surface area contributed by atoms with E-state index in [0.717, 1.165) is 28.4 Å². The fourth-order valence-corrected chi connectivity index (χ4v) is 7.84. The minimum atomic E-state index is -0.636. The zero-order valence-corrected chi connectivity index (χ0v) is 63.4. The first-order valence-electron chi connectivity index (χ1n) is 30.0. The molecule has 0 bridgehead atoms. The Morgan fingerprint density at radius 1 is 0.527 bits per heavy atom. The summed E-state index contributed by atoms with van der Waals surface area (Å²) >= 11 is 7.23. The highest BCUT2D eigenvalue weighted by Gasteiger charge is 2.12. The number of halogens is 1. The van der Waals surface area contributed by atoms with Gasteiger partial charge in [-0.1, -0.05) is 71.4 Å². The lowest BCUT2D eigenvalue weighted by Gasteiger charge is -2.10. The highest BCUT2D eigenvalue weighted by atomic mass is 32.1. The predicted molar refractivity (Wildman–Crippen MR) is 420 cm³/mol.